The number of unbranched alkanes of at least 4 members (excludes halogenated alkanes) is 15. The van der Waals surface area contributed by atoms with Crippen LogP contribution in [0.1, 0.15) is 212 Å². The lowest BCUT2D eigenvalue weighted by Crippen LogP contribution is -2.61. The molecule has 5 heterocycles. The first-order valence-corrected chi connectivity index (χ1v) is 26.8. The first-order chi connectivity index (χ1) is 28.7. The van der Waals surface area contributed by atoms with E-state index in [4.69, 9.17) is 0 Å². The Bertz CT molecular complexity index is 1220. The van der Waals surface area contributed by atoms with Gasteiger partial charge < -0.3 is 0 Å². The zero-order valence-electron chi connectivity index (χ0n) is 37.4. The number of rotatable bonds is 17. The van der Waals surface area contributed by atoms with E-state index in [1.807, 2.05) is 0 Å². The molecular weight excluding hydrogens is 713 g/mol. The van der Waals surface area contributed by atoms with Crippen LogP contribution in [0.4, 0.5) is 0 Å². The highest BCUT2D eigenvalue weighted by Gasteiger charge is 2.55. The van der Waals surface area contributed by atoms with Gasteiger partial charge in [-0.05, 0) is 98.2 Å². The lowest BCUT2D eigenvalue weighted by molar-refractivity contribution is 0.115. The Kier molecular flexibility index (Phi) is 15.8. The van der Waals surface area contributed by atoms with Crippen molar-refractivity contribution in [3.63, 3.8) is 0 Å². The molecule has 4 saturated carbocycles. The van der Waals surface area contributed by atoms with Crippen LogP contribution in [-0.2, 0) is 0 Å². The predicted octanol–water partition coefficient (Wildman–Crippen LogP) is 9.48. The van der Waals surface area contributed by atoms with Crippen LogP contribution in [-0.4, -0.2) is 49.3 Å². The highest BCUT2D eigenvalue weighted by Crippen LogP contribution is 2.48. The molecule has 9 fully saturated rings. The molecule has 0 aromatic heterocycles. The van der Waals surface area contributed by atoms with Crippen LogP contribution in [0.25, 0.3) is 0 Å². The fraction of sp³-hybridized carbons (Fsp3) is 1.00. The van der Waals surface area contributed by atoms with E-state index in [0.717, 1.165) is 53.3 Å². The fourth-order valence-electron chi connectivity index (χ4n) is 15.5. The normalized spacial score (nSPS) is 44.7. The van der Waals surface area contributed by atoms with Gasteiger partial charge in [-0.3, -0.25) is 42.5 Å². The van der Waals surface area contributed by atoms with Crippen LogP contribution in [0.5, 0.6) is 0 Å². The van der Waals surface area contributed by atoms with Gasteiger partial charge in [0.1, 0.15) is 0 Å². The Hall–Kier alpha value is -0.320. The summed E-state index contributed by atoms with van der Waals surface area (Å²) in [6, 6.07) is 0. The summed E-state index contributed by atoms with van der Waals surface area (Å²) in [5, 5.41) is 34.7. The molecule has 0 spiro atoms. The van der Waals surface area contributed by atoms with E-state index in [9.17, 15) is 0 Å². The van der Waals surface area contributed by atoms with Crippen molar-refractivity contribution in [1.82, 2.24) is 42.5 Å². The van der Waals surface area contributed by atoms with Gasteiger partial charge in [0, 0.05) is 0 Å². The Balaban J connectivity index is 0.823. The Morgan fingerprint density at radius 1 is 0.276 bits per heavy atom. The number of nitrogens with one attached hydrogen (secondary N) is 8. The van der Waals surface area contributed by atoms with E-state index >= 15 is 0 Å². The second kappa shape index (κ2) is 21.4. The molecule has 332 valence electrons. The van der Waals surface area contributed by atoms with Crippen LogP contribution in [0.15, 0.2) is 0 Å². The maximum Gasteiger partial charge on any atom is 0.0631 e. The third kappa shape index (κ3) is 10.1. The molecule has 5 aliphatic heterocycles. The van der Waals surface area contributed by atoms with Crippen LogP contribution < -0.4 is 42.5 Å². The summed E-state index contributed by atoms with van der Waals surface area (Å²) in [6.45, 7) is 2.32. The lowest BCUT2D eigenvalue weighted by Gasteiger charge is -2.39. The molecule has 0 amide bonds. The molecule has 17 atom stereocenters. The molecule has 8 nitrogen and oxygen atoms in total. The summed E-state index contributed by atoms with van der Waals surface area (Å²) >= 11 is 0. The van der Waals surface area contributed by atoms with E-state index in [1.165, 1.54) is 205 Å². The van der Waals surface area contributed by atoms with Crippen LogP contribution >= 0.6 is 0 Å². The third-order valence-electron chi connectivity index (χ3n) is 18.5. The van der Waals surface area contributed by atoms with E-state index in [-0.39, 0.29) is 0 Å². The van der Waals surface area contributed by atoms with E-state index in [2.05, 4.69) is 49.5 Å². The standard InChI is InChI=1S/C50H92N8/c1-2-3-4-5-6-7-8-9-10-11-12-13-14-15-16-17-25-34-26-24-33-41-42(34)50-57-48-40-32-23-22-31-39(40)46(55-48)53-44-36-28-19-18-27-35(36)43(51-44)52-45-37-29-20-21-30-38(37)47(54-45)56-49(41)58-50/h34-58H,2-33H2,1H3. The maximum atomic E-state index is 4.45. The van der Waals surface area contributed by atoms with Gasteiger partial charge in [-0.1, -0.05) is 167 Å². The fourth-order valence-corrected chi connectivity index (χ4v) is 15.5. The van der Waals surface area contributed by atoms with Gasteiger partial charge in [0.25, 0.3) is 0 Å². The highest BCUT2D eigenvalue weighted by atomic mass is 15.4. The first-order valence-electron chi connectivity index (χ1n) is 26.8. The van der Waals surface area contributed by atoms with Crippen LogP contribution in [0.2, 0.25) is 0 Å². The molecule has 8 N–H and O–H groups in total. The minimum atomic E-state index is 0.398. The number of fused-ring (bicyclic) bond motifs is 20. The second-order valence-corrected chi connectivity index (χ2v) is 22.0. The average Bonchev–Trinajstić information content (AvgIpc) is 3.99. The van der Waals surface area contributed by atoms with Crippen molar-refractivity contribution in [2.45, 2.75) is 262 Å². The second-order valence-electron chi connectivity index (χ2n) is 22.0. The molecule has 17 unspecified atom stereocenters. The average molecular weight is 805 g/mol. The van der Waals surface area contributed by atoms with Gasteiger partial charge in [-0.25, -0.2) is 0 Å². The molecule has 0 aromatic carbocycles. The number of hydrogen-bond acceptors (Lipinski definition) is 8. The van der Waals surface area contributed by atoms with Crippen LogP contribution in [0.3, 0.4) is 0 Å². The maximum absolute atomic E-state index is 4.45. The smallest absolute Gasteiger partial charge is 0.0631 e. The topological polar surface area (TPSA) is 96.2 Å². The van der Waals surface area contributed by atoms with Crippen molar-refractivity contribution < 1.29 is 0 Å². The summed E-state index contributed by atoms with van der Waals surface area (Å²) in [5.74, 6) is 6.71. The zero-order chi connectivity index (χ0) is 39.1. The SMILES string of the molecule is CCCCCCCCCCCCCCCCCCC1CCCC2C3NC4NC(NC5NC(NC6NC(NC(N3)C12)C1CCCCC61)C1CCCCC51)C1CCCCC41. The summed E-state index contributed by atoms with van der Waals surface area (Å²) in [5.41, 5.74) is 0. The Morgan fingerprint density at radius 3 is 0.897 bits per heavy atom. The third-order valence-corrected chi connectivity index (χ3v) is 18.5. The molecular formula is C50H92N8. The van der Waals surface area contributed by atoms with Crippen molar-refractivity contribution in [1.29, 1.82) is 0 Å². The minimum Gasteiger partial charge on any atom is -0.286 e. The molecule has 0 radical (unpaired) electrons. The van der Waals surface area contributed by atoms with Crippen molar-refractivity contribution in [2.24, 2.45) is 53.3 Å². The van der Waals surface area contributed by atoms with Gasteiger partial charge >= 0.3 is 0 Å². The molecule has 58 heavy (non-hydrogen) atoms. The molecule has 9 rings (SSSR count). The first kappa shape index (κ1) is 43.0. The number of hydrogen-bond donors (Lipinski definition) is 8. The summed E-state index contributed by atoms with van der Waals surface area (Å²) in [6.07, 6.45) is 48.9. The van der Waals surface area contributed by atoms with Gasteiger partial charge in [0.15, 0.2) is 0 Å². The largest absolute Gasteiger partial charge is 0.286 e. The van der Waals surface area contributed by atoms with Gasteiger partial charge in [0.05, 0.1) is 49.3 Å². The predicted molar refractivity (Wildman–Crippen MR) is 240 cm³/mol. The summed E-state index contributed by atoms with van der Waals surface area (Å²) in [7, 11) is 0. The zero-order valence-corrected chi connectivity index (χ0v) is 37.4. The van der Waals surface area contributed by atoms with E-state index < -0.39 is 0 Å². The van der Waals surface area contributed by atoms with Gasteiger partial charge in [-0.2, -0.15) is 0 Å². The van der Waals surface area contributed by atoms with Crippen LogP contribution in [0, 0.1) is 53.3 Å². The van der Waals surface area contributed by atoms with Crippen molar-refractivity contribution in [2.75, 3.05) is 0 Å². The molecule has 5 saturated heterocycles. The van der Waals surface area contributed by atoms with Crippen molar-refractivity contribution in [3.8, 4) is 0 Å². The minimum absolute atomic E-state index is 0.398. The highest BCUT2D eigenvalue weighted by molar-refractivity contribution is 5.09. The van der Waals surface area contributed by atoms with Crippen molar-refractivity contribution >= 4 is 0 Å². The van der Waals surface area contributed by atoms with Crippen molar-refractivity contribution in [3.05, 3.63) is 0 Å². The Morgan fingerprint density at radius 2 is 0.552 bits per heavy atom. The summed E-state index contributed by atoms with van der Waals surface area (Å²) < 4.78 is 0. The summed E-state index contributed by atoms with van der Waals surface area (Å²) in [4.78, 5) is 0. The molecule has 9 aliphatic rings. The lowest BCUT2D eigenvalue weighted by atomic mass is 9.69. The van der Waals surface area contributed by atoms with E-state index in [0.29, 0.717) is 49.3 Å². The molecule has 8 bridgehead atoms. The molecule has 8 heteroatoms. The quantitative estimate of drug-likeness (QED) is 0.0690. The van der Waals surface area contributed by atoms with E-state index in [1.54, 1.807) is 0 Å². The van der Waals surface area contributed by atoms with Gasteiger partial charge in [-0.15, -0.1) is 0 Å². The molecule has 0 aromatic rings. The molecule has 4 aliphatic carbocycles. The monoisotopic (exact) mass is 805 g/mol. The Labute approximate surface area is 356 Å². The van der Waals surface area contributed by atoms with Gasteiger partial charge in [0.2, 0.25) is 0 Å².